The van der Waals surface area contributed by atoms with Crippen molar-refractivity contribution >= 4 is 22.7 Å². The van der Waals surface area contributed by atoms with E-state index in [2.05, 4.69) is 10.3 Å². The Hall–Kier alpha value is -3.68. The maximum absolute atomic E-state index is 13.0. The number of fused-ring (bicyclic) bond motifs is 2. The molecule has 0 saturated carbocycles. The van der Waals surface area contributed by atoms with E-state index in [0.29, 0.717) is 23.9 Å². The summed E-state index contributed by atoms with van der Waals surface area (Å²) in [6, 6.07) is 13.8. The third-order valence-electron chi connectivity index (χ3n) is 5.56. The molecular weight excluding hydrogens is 384 g/mol. The lowest BCUT2D eigenvalue weighted by molar-refractivity contribution is -0.141. The zero-order valence-corrected chi connectivity index (χ0v) is 16.6. The van der Waals surface area contributed by atoms with Gasteiger partial charge in [-0.15, -0.1) is 0 Å². The number of rotatable bonds is 4. The monoisotopic (exact) mass is 406 g/mol. The number of aromatic nitrogens is 2. The Morgan fingerprint density at radius 3 is 2.53 bits per heavy atom. The van der Waals surface area contributed by atoms with Gasteiger partial charge in [-0.1, -0.05) is 36.4 Å². The maximum atomic E-state index is 13.0. The van der Waals surface area contributed by atoms with Gasteiger partial charge in [-0.3, -0.25) is 19.0 Å². The van der Waals surface area contributed by atoms with Crippen LogP contribution in [0.25, 0.3) is 10.9 Å². The predicted molar refractivity (Wildman–Crippen MR) is 112 cm³/mol. The topological polar surface area (TPSA) is 104 Å². The molecule has 0 fully saturated rings. The molecule has 2 aromatic carbocycles. The van der Waals surface area contributed by atoms with E-state index in [1.165, 1.54) is 4.90 Å². The Kier molecular flexibility index (Phi) is 5.22. The van der Waals surface area contributed by atoms with Crippen molar-refractivity contribution in [3.63, 3.8) is 0 Å². The number of carbonyl (C=O) groups excluding carboxylic acids is 2. The molecule has 30 heavy (non-hydrogen) atoms. The number of hydrogen-bond donors (Lipinski definition) is 2. The number of nitrogens with one attached hydrogen (secondary N) is 2. The standard InChI is InChI=1S/C22H22N4O4/c1-23-20(28)18-12-14-6-2-3-7-15(14)13-26(18)19(27)10-11-25-21(29)16-8-4-5-9-17(16)24-22(25)30/h2-9,18H,10-13H2,1H3,(H,23,28)(H,24,30)/t18-/m0/s1. The Morgan fingerprint density at radius 2 is 1.77 bits per heavy atom. The molecule has 1 aromatic heterocycles. The molecule has 8 nitrogen and oxygen atoms in total. The molecule has 1 aliphatic rings. The summed E-state index contributed by atoms with van der Waals surface area (Å²) in [5.74, 6) is -0.517. The van der Waals surface area contributed by atoms with E-state index in [1.54, 1.807) is 31.3 Å². The SMILES string of the molecule is CNC(=O)[C@@H]1Cc2ccccc2CN1C(=O)CCn1c(=O)[nH]c2ccccc2c1=O. The van der Waals surface area contributed by atoms with Crippen molar-refractivity contribution in [2.75, 3.05) is 7.05 Å². The minimum atomic E-state index is -0.621. The summed E-state index contributed by atoms with van der Waals surface area (Å²) in [5, 5.41) is 3.01. The van der Waals surface area contributed by atoms with E-state index >= 15 is 0 Å². The van der Waals surface area contributed by atoms with Crippen LogP contribution < -0.4 is 16.6 Å². The van der Waals surface area contributed by atoms with Crippen LogP contribution in [0.2, 0.25) is 0 Å². The van der Waals surface area contributed by atoms with Gasteiger partial charge in [-0.2, -0.15) is 0 Å². The number of nitrogens with zero attached hydrogens (tertiary/aromatic N) is 2. The van der Waals surface area contributed by atoms with Crippen LogP contribution in [0.15, 0.2) is 58.1 Å². The van der Waals surface area contributed by atoms with Gasteiger partial charge < -0.3 is 15.2 Å². The summed E-state index contributed by atoms with van der Waals surface area (Å²) in [7, 11) is 1.54. The Labute approximate surface area is 172 Å². The lowest BCUT2D eigenvalue weighted by Crippen LogP contribution is -2.52. The van der Waals surface area contributed by atoms with Gasteiger partial charge in [0.1, 0.15) is 6.04 Å². The van der Waals surface area contributed by atoms with Crippen molar-refractivity contribution in [2.24, 2.45) is 0 Å². The first-order valence-corrected chi connectivity index (χ1v) is 9.79. The first kappa shape index (κ1) is 19.6. The molecule has 0 saturated heterocycles. The first-order chi connectivity index (χ1) is 14.5. The molecule has 154 valence electrons. The number of benzene rings is 2. The van der Waals surface area contributed by atoms with Crippen LogP contribution in [0.4, 0.5) is 0 Å². The summed E-state index contributed by atoms with van der Waals surface area (Å²) in [4.78, 5) is 54.6. The second kappa shape index (κ2) is 7.98. The van der Waals surface area contributed by atoms with E-state index in [-0.39, 0.29) is 24.8 Å². The highest BCUT2D eigenvalue weighted by molar-refractivity contribution is 5.88. The highest BCUT2D eigenvalue weighted by Gasteiger charge is 2.33. The van der Waals surface area contributed by atoms with E-state index in [0.717, 1.165) is 15.7 Å². The number of H-pyrrole nitrogens is 1. The molecule has 3 aromatic rings. The summed E-state index contributed by atoms with van der Waals surface area (Å²) in [5.41, 5.74) is 1.50. The number of para-hydroxylation sites is 1. The fraction of sp³-hybridized carbons (Fsp3) is 0.273. The average Bonchev–Trinajstić information content (AvgIpc) is 2.77. The average molecular weight is 406 g/mol. The maximum Gasteiger partial charge on any atom is 0.328 e. The van der Waals surface area contributed by atoms with Gasteiger partial charge in [0, 0.05) is 33.0 Å². The zero-order chi connectivity index (χ0) is 21.3. The van der Waals surface area contributed by atoms with Gasteiger partial charge in [0.05, 0.1) is 10.9 Å². The summed E-state index contributed by atoms with van der Waals surface area (Å²) in [6.45, 7) is 0.256. The van der Waals surface area contributed by atoms with Crippen molar-refractivity contribution in [1.82, 2.24) is 19.8 Å². The largest absolute Gasteiger partial charge is 0.357 e. The first-order valence-electron chi connectivity index (χ1n) is 9.79. The summed E-state index contributed by atoms with van der Waals surface area (Å²) in [6.07, 6.45) is 0.370. The van der Waals surface area contributed by atoms with Gasteiger partial charge in [-0.05, 0) is 23.3 Å². The van der Waals surface area contributed by atoms with Crippen LogP contribution in [0.1, 0.15) is 17.5 Å². The van der Waals surface area contributed by atoms with Crippen LogP contribution in [-0.4, -0.2) is 39.4 Å². The third-order valence-corrected chi connectivity index (χ3v) is 5.56. The molecule has 0 spiro atoms. The molecule has 2 N–H and O–H groups in total. The lowest BCUT2D eigenvalue weighted by atomic mass is 9.93. The van der Waals surface area contributed by atoms with Gasteiger partial charge in [0.25, 0.3) is 5.56 Å². The smallest absolute Gasteiger partial charge is 0.328 e. The molecule has 8 heteroatoms. The van der Waals surface area contributed by atoms with Crippen molar-refractivity contribution in [3.05, 3.63) is 80.5 Å². The van der Waals surface area contributed by atoms with E-state index in [4.69, 9.17) is 0 Å². The molecule has 1 aliphatic heterocycles. The van der Waals surface area contributed by atoms with Crippen molar-refractivity contribution in [1.29, 1.82) is 0 Å². The van der Waals surface area contributed by atoms with Gasteiger partial charge in [0.2, 0.25) is 11.8 Å². The molecule has 1 atom stereocenters. The van der Waals surface area contributed by atoms with E-state index < -0.39 is 17.3 Å². The number of hydrogen-bond acceptors (Lipinski definition) is 4. The summed E-state index contributed by atoms with van der Waals surface area (Å²) >= 11 is 0. The minimum absolute atomic E-state index is 0.0585. The fourth-order valence-corrected chi connectivity index (χ4v) is 3.94. The molecule has 0 aliphatic carbocycles. The number of likely N-dealkylation sites (N-methyl/N-ethyl adjacent to an activating group) is 1. The highest BCUT2D eigenvalue weighted by Crippen LogP contribution is 2.24. The summed E-state index contributed by atoms with van der Waals surface area (Å²) < 4.78 is 1.03. The van der Waals surface area contributed by atoms with E-state index in [1.807, 2.05) is 24.3 Å². The minimum Gasteiger partial charge on any atom is -0.357 e. The lowest BCUT2D eigenvalue weighted by Gasteiger charge is -2.36. The Balaban J connectivity index is 1.59. The quantitative estimate of drug-likeness (QED) is 0.668. The molecule has 2 amide bonds. The molecule has 4 rings (SSSR count). The van der Waals surface area contributed by atoms with E-state index in [9.17, 15) is 19.2 Å². The van der Waals surface area contributed by atoms with Crippen molar-refractivity contribution in [3.8, 4) is 0 Å². The molecule has 2 heterocycles. The van der Waals surface area contributed by atoms with Gasteiger partial charge in [0.15, 0.2) is 0 Å². The molecule has 0 radical (unpaired) electrons. The van der Waals surface area contributed by atoms with Crippen LogP contribution in [0, 0.1) is 0 Å². The van der Waals surface area contributed by atoms with Crippen molar-refractivity contribution < 1.29 is 9.59 Å². The molecule has 0 bridgehead atoms. The predicted octanol–water partition coefficient (Wildman–Crippen LogP) is 0.779. The zero-order valence-electron chi connectivity index (χ0n) is 16.6. The normalized spacial score (nSPS) is 15.6. The number of amides is 2. The second-order valence-electron chi connectivity index (χ2n) is 7.31. The fourth-order valence-electron chi connectivity index (χ4n) is 3.94. The van der Waals surface area contributed by atoms with Gasteiger partial charge in [-0.25, -0.2) is 4.79 Å². The molecular formula is C22H22N4O4. The van der Waals surface area contributed by atoms with Gasteiger partial charge >= 0.3 is 5.69 Å². The molecule has 0 unspecified atom stereocenters. The van der Waals surface area contributed by atoms with Crippen LogP contribution in [0.5, 0.6) is 0 Å². The van der Waals surface area contributed by atoms with Crippen LogP contribution in [-0.2, 0) is 29.1 Å². The Bertz CT molecular complexity index is 1240. The highest BCUT2D eigenvalue weighted by atomic mass is 16.2. The second-order valence-corrected chi connectivity index (χ2v) is 7.31. The van der Waals surface area contributed by atoms with Crippen LogP contribution >= 0.6 is 0 Å². The Morgan fingerprint density at radius 1 is 1.07 bits per heavy atom. The number of carbonyl (C=O) groups is 2. The van der Waals surface area contributed by atoms with Crippen molar-refractivity contribution in [2.45, 2.75) is 32.0 Å². The number of aromatic amines is 1. The van der Waals surface area contributed by atoms with Crippen LogP contribution in [0.3, 0.4) is 0 Å². The third kappa shape index (κ3) is 3.52.